The Bertz CT molecular complexity index is 1280. The van der Waals surface area contributed by atoms with Crippen molar-refractivity contribution in [1.29, 1.82) is 0 Å². The van der Waals surface area contributed by atoms with Crippen LogP contribution in [0.1, 0.15) is 23.2 Å². The van der Waals surface area contributed by atoms with Gasteiger partial charge in [0.25, 0.3) is 5.91 Å². The molecule has 1 aliphatic heterocycles. The molecule has 0 radical (unpaired) electrons. The highest BCUT2D eigenvalue weighted by Crippen LogP contribution is 2.26. The van der Waals surface area contributed by atoms with E-state index in [-0.39, 0.29) is 10.5 Å². The Balaban J connectivity index is 1.34. The highest BCUT2D eigenvalue weighted by Gasteiger charge is 2.27. The minimum Gasteiger partial charge on any atom is -0.497 e. The van der Waals surface area contributed by atoms with Crippen LogP contribution in [0.5, 0.6) is 5.75 Å². The third-order valence-electron chi connectivity index (χ3n) is 5.24. The summed E-state index contributed by atoms with van der Waals surface area (Å²) in [5.74, 6) is -0.606. The van der Waals surface area contributed by atoms with E-state index < -0.39 is 28.5 Å². The van der Waals surface area contributed by atoms with Crippen LogP contribution in [0.2, 0.25) is 0 Å². The highest BCUT2D eigenvalue weighted by atomic mass is 32.2. The maximum Gasteiger partial charge on any atom is 0.338 e. The Kier molecular flexibility index (Phi) is 7.25. The minimum absolute atomic E-state index is 0.0298. The molecule has 0 saturated carbocycles. The third kappa shape index (κ3) is 5.44. The summed E-state index contributed by atoms with van der Waals surface area (Å²) in [7, 11) is -2.07. The molecule has 11 heteroatoms. The standard InChI is InChI=1S/C23H23N3O6S2/c1-31-18-9-7-16(8-10-18)20-15-33-23(24-20)25-21(27)14-32-22(28)17-5-4-6-19(13-17)34(29,30)26-11-2-3-12-26/h4-10,13,15H,2-3,11-12,14H2,1H3,(H,24,25,27). The molecule has 1 N–H and O–H groups in total. The van der Waals surface area contributed by atoms with Crippen molar-refractivity contribution >= 4 is 38.4 Å². The van der Waals surface area contributed by atoms with Crippen molar-refractivity contribution in [3.63, 3.8) is 0 Å². The molecule has 0 atom stereocenters. The Hall–Kier alpha value is -3.28. The van der Waals surface area contributed by atoms with Crippen LogP contribution < -0.4 is 10.1 Å². The fourth-order valence-electron chi connectivity index (χ4n) is 3.46. The lowest BCUT2D eigenvalue weighted by molar-refractivity contribution is -0.119. The topological polar surface area (TPSA) is 115 Å². The summed E-state index contributed by atoms with van der Waals surface area (Å²) >= 11 is 1.24. The van der Waals surface area contributed by atoms with Crippen LogP contribution in [0.15, 0.2) is 58.8 Å². The molecular weight excluding hydrogens is 478 g/mol. The SMILES string of the molecule is COc1ccc(-c2csc(NC(=O)COC(=O)c3cccc(S(=O)(=O)N4CCCC4)c3)n2)cc1. The van der Waals surface area contributed by atoms with Crippen molar-refractivity contribution in [2.75, 3.05) is 32.1 Å². The van der Waals surface area contributed by atoms with Crippen LogP contribution in [-0.2, 0) is 19.6 Å². The molecule has 2 heterocycles. The minimum atomic E-state index is -3.66. The molecule has 1 aliphatic rings. The van der Waals surface area contributed by atoms with Gasteiger partial charge in [-0.2, -0.15) is 4.31 Å². The zero-order chi connectivity index (χ0) is 24.1. The van der Waals surface area contributed by atoms with Crippen LogP contribution in [0.25, 0.3) is 11.3 Å². The van der Waals surface area contributed by atoms with E-state index >= 15 is 0 Å². The lowest BCUT2D eigenvalue weighted by Gasteiger charge is -2.15. The second-order valence-corrected chi connectivity index (χ2v) is 10.3. The number of carbonyl (C=O) groups excluding carboxylic acids is 2. The molecule has 1 saturated heterocycles. The summed E-state index contributed by atoms with van der Waals surface area (Å²) in [5.41, 5.74) is 1.62. The van der Waals surface area contributed by atoms with Gasteiger partial charge in [0.05, 0.1) is 23.3 Å². The number of carbonyl (C=O) groups is 2. The maximum atomic E-state index is 12.7. The number of rotatable bonds is 8. The molecule has 178 valence electrons. The number of ether oxygens (including phenoxy) is 2. The van der Waals surface area contributed by atoms with Crippen molar-refractivity contribution in [2.45, 2.75) is 17.7 Å². The summed E-state index contributed by atoms with van der Waals surface area (Å²) in [4.78, 5) is 29.0. The second-order valence-electron chi connectivity index (χ2n) is 7.53. The van der Waals surface area contributed by atoms with Crippen LogP contribution >= 0.6 is 11.3 Å². The number of benzene rings is 2. The predicted molar refractivity (Wildman–Crippen MR) is 127 cm³/mol. The van der Waals surface area contributed by atoms with Gasteiger partial charge in [-0.1, -0.05) is 6.07 Å². The van der Waals surface area contributed by atoms with Gasteiger partial charge in [0.1, 0.15) is 5.75 Å². The van der Waals surface area contributed by atoms with Crippen LogP contribution in [0.4, 0.5) is 5.13 Å². The number of nitrogens with one attached hydrogen (secondary N) is 1. The van der Waals surface area contributed by atoms with E-state index in [1.165, 1.54) is 39.9 Å². The summed E-state index contributed by atoms with van der Waals surface area (Å²) in [6, 6.07) is 13.0. The molecule has 0 bridgehead atoms. The van der Waals surface area contributed by atoms with Gasteiger partial charge in [-0.05, 0) is 55.3 Å². The van der Waals surface area contributed by atoms with E-state index in [2.05, 4.69) is 10.3 Å². The third-order valence-corrected chi connectivity index (χ3v) is 7.90. The number of amides is 1. The van der Waals surface area contributed by atoms with E-state index in [1.54, 1.807) is 12.5 Å². The number of esters is 1. The van der Waals surface area contributed by atoms with Gasteiger partial charge in [0.15, 0.2) is 11.7 Å². The van der Waals surface area contributed by atoms with Gasteiger partial charge in [0.2, 0.25) is 10.0 Å². The summed E-state index contributed by atoms with van der Waals surface area (Å²) in [5, 5.41) is 4.77. The van der Waals surface area contributed by atoms with Crippen molar-refractivity contribution in [3.8, 4) is 17.0 Å². The van der Waals surface area contributed by atoms with Crippen molar-refractivity contribution in [3.05, 3.63) is 59.5 Å². The van der Waals surface area contributed by atoms with Gasteiger partial charge in [-0.15, -0.1) is 11.3 Å². The molecule has 0 aliphatic carbocycles. The number of sulfonamides is 1. The summed E-state index contributed by atoms with van der Waals surface area (Å²) in [6.45, 7) is 0.404. The molecular formula is C23H23N3O6S2. The smallest absolute Gasteiger partial charge is 0.338 e. The van der Waals surface area contributed by atoms with Crippen molar-refractivity contribution in [1.82, 2.24) is 9.29 Å². The molecule has 34 heavy (non-hydrogen) atoms. The van der Waals surface area contributed by atoms with Crippen LogP contribution in [-0.4, -0.2) is 56.4 Å². The molecule has 0 unspecified atom stereocenters. The van der Waals surface area contributed by atoms with Crippen LogP contribution in [0.3, 0.4) is 0 Å². The lowest BCUT2D eigenvalue weighted by atomic mass is 10.2. The number of anilines is 1. The Morgan fingerprint density at radius 3 is 2.56 bits per heavy atom. The summed E-state index contributed by atoms with van der Waals surface area (Å²) < 4.78 is 37.0. The fraction of sp³-hybridized carbons (Fsp3) is 0.261. The number of thiazole rings is 1. The molecule has 1 aromatic heterocycles. The van der Waals surface area contributed by atoms with Gasteiger partial charge >= 0.3 is 5.97 Å². The van der Waals surface area contributed by atoms with E-state index in [1.807, 2.05) is 24.3 Å². The van der Waals surface area contributed by atoms with Crippen molar-refractivity contribution in [2.24, 2.45) is 0 Å². The normalized spacial score (nSPS) is 14.0. The summed E-state index contributed by atoms with van der Waals surface area (Å²) in [6.07, 6.45) is 1.63. The number of nitrogens with zero attached hydrogens (tertiary/aromatic N) is 2. The molecule has 4 rings (SSSR count). The second kappa shape index (κ2) is 10.3. The lowest BCUT2D eigenvalue weighted by Crippen LogP contribution is -2.28. The molecule has 3 aromatic rings. The first-order chi connectivity index (χ1) is 16.4. The van der Waals surface area contributed by atoms with E-state index in [0.29, 0.717) is 23.9 Å². The number of aromatic nitrogens is 1. The van der Waals surface area contributed by atoms with Gasteiger partial charge in [-0.3, -0.25) is 10.1 Å². The van der Waals surface area contributed by atoms with Gasteiger partial charge < -0.3 is 9.47 Å². The quantitative estimate of drug-likeness (QED) is 0.471. The zero-order valence-corrected chi connectivity index (χ0v) is 20.0. The Morgan fingerprint density at radius 1 is 1.12 bits per heavy atom. The maximum absolute atomic E-state index is 12.7. The Morgan fingerprint density at radius 2 is 1.85 bits per heavy atom. The van der Waals surface area contributed by atoms with E-state index in [0.717, 1.165) is 24.2 Å². The highest BCUT2D eigenvalue weighted by molar-refractivity contribution is 7.89. The monoisotopic (exact) mass is 501 g/mol. The largest absolute Gasteiger partial charge is 0.497 e. The molecule has 9 nitrogen and oxygen atoms in total. The molecule has 2 aromatic carbocycles. The number of methoxy groups -OCH3 is 1. The van der Waals surface area contributed by atoms with Crippen LogP contribution in [0, 0.1) is 0 Å². The first-order valence-electron chi connectivity index (χ1n) is 10.5. The van der Waals surface area contributed by atoms with Gasteiger partial charge in [0, 0.05) is 24.0 Å². The zero-order valence-electron chi connectivity index (χ0n) is 18.4. The fourth-order valence-corrected chi connectivity index (χ4v) is 5.76. The molecule has 0 spiro atoms. The first-order valence-corrected chi connectivity index (χ1v) is 12.9. The van der Waals surface area contributed by atoms with Gasteiger partial charge in [-0.25, -0.2) is 18.2 Å². The van der Waals surface area contributed by atoms with E-state index in [4.69, 9.17) is 9.47 Å². The average molecular weight is 502 g/mol. The molecule has 1 amide bonds. The average Bonchev–Trinajstić information content (AvgIpc) is 3.56. The molecule has 1 fully saturated rings. The predicted octanol–water partition coefficient (Wildman–Crippen LogP) is 3.40. The first kappa shape index (κ1) is 23.9. The number of hydrogen-bond acceptors (Lipinski definition) is 8. The Labute approximate surface area is 201 Å². The van der Waals surface area contributed by atoms with E-state index in [9.17, 15) is 18.0 Å². The number of hydrogen-bond donors (Lipinski definition) is 1. The van der Waals surface area contributed by atoms with Crippen molar-refractivity contribution < 1.29 is 27.5 Å².